The molecule has 0 bridgehead atoms. The molecule has 0 spiro atoms. The van der Waals surface area contributed by atoms with E-state index in [2.05, 4.69) is 79.3 Å². The molecule has 172 valence electrons. The first-order chi connectivity index (χ1) is 16.8. The summed E-state index contributed by atoms with van der Waals surface area (Å²) in [6, 6.07) is 25.3. The number of anilines is 3. The number of imidazole rings is 1. The van der Waals surface area contributed by atoms with Crippen molar-refractivity contribution >= 4 is 34.4 Å². The van der Waals surface area contributed by atoms with Crippen molar-refractivity contribution < 1.29 is 9.53 Å². The van der Waals surface area contributed by atoms with Crippen LogP contribution in [0.1, 0.15) is 11.6 Å². The van der Waals surface area contributed by atoms with Gasteiger partial charge in [0.2, 0.25) is 0 Å². The molecule has 0 radical (unpaired) electrons. The maximum Gasteiger partial charge on any atom is 0.187 e. The fourth-order valence-electron chi connectivity index (χ4n) is 5.07. The van der Waals surface area contributed by atoms with Gasteiger partial charge >= 0.3 is 0 Å². The van der Waals surface area contributed by atoms with E-state index in [1.165, 1.54) is 11.4 Å². The van der Waals surface area contributed by atoms with Gasteiger partial charge in [-0.3, -0.25) is 4.79 Å². The topological polar surface area (TPSA) is 64.7 Å². The smallest absolute Gasteiger partial charge is 0.187 e. The number of carbonyl (C=O) groups excluding carboxylic acids is 1. The van der Waals surface area contributed by atoms with E-state index < -0.39 is 6.23 Å². The normalized spacial score (nSPS) is 20.8. The van der Waals surface area contributed by atoms with Crippen molar-refractivity contribution in [3.05, 3.63) is 84.7 Å². The van der Waals surface area contributed by atoms with E-state index in [4.69, 9.17) is 4.74 Å². The average Bonchev–Trinajstić information content (AvgIpc) is 3.56. The lowest BCUT2D eigenvalue weighted by Gasteiger charge is -2.37. The van der Waals surface area contributed by atoms with Crippen LogP contribution in [-0.4, -0.2) is 55.3 Å². The first kappa shape index (κ1) is 20.7. The lowest BCUT2D eigenvalue weighted by Crippen LogP contribution is -2.46. The Morgan fingerprint density at radius 2 is 1.53 bits per heavy atom. The highest BCUT2D eigenvalue weighted by Crippen LogP contribution is 2.36. The van der Waals surface area contributed by atoms with E-state index in [9.17, 15) is 4.79 Å². The summed E-state index contributed by atoms with van der Waals surface area (Å²) in [7, 11) is 0. The second kappa shape index (κ2) is 8.83. The Balaban J connectivity index is 1.19. The minimum Gasteiger partial charge on any atom is -0.368 e. The summed E-state index contributed by atoms with van der Waals surface area (Å²) in [6.45, 7) is 4.47. The van der Waals surface area contributed by atoms with E-state index in [0.717, 1.165) is 54.7 Å². The largest absolute Gasteiger partial charge is 0.368 e. The molecule has 1 aromatic heterocycles. The SMILES string of the molecule is O=CC1OC[C@H](c2ccc(N3CCN(c4ccccc4)CC3)cc2)N1c1ccc2nc[nH]c2c1. The summed E-state index contributed by atoms with van der Waals surface area (Å²) < 4.78 is 5.85. The van der Waals surface area contributed by atoms with E-state index in [1.54, 1.807) is 6.33 Å². The molecule has 3 heterocycles. The number of carbonyl (C=O) groups is 1. The number of fused-ring (bicyclic) bond motifs is 1. The second-order valence-electron chi connectivity index (χ2n) is 8.79. The molecular formula is C27H27N5O2. The molecule has 2 atom stereocenters. The Hall–Kier alpha value is -3.84. The average molecular weight is 454 g/mol. The van der Waals surface area contributed by atoms with Gasteiger partial charge in [0, 0.05) is 43.2 Å². The highest BCUT2D eigenvalue weighted by molar-refractivity contribution is 5.80. The minimum absolute atomic E-state index is 0.0282. The molecule has 2 aliphatic rings. The quantitative estimate of drug-likeness (QED) is 0.461. The fraction of sp³-hybridized carbons (Fsp3) is 0.259. The molecule has 2 saturated heterocycles. The number of hydrogen-bond acceptors (Lipinski definition) is 6. The third-order valence-electron chi connectivity index (χ3n) is 6.90. The van der Waals surface area contributed by atoms with Gasteiger partial charge in [0.05, 0.1) is 30.0 Å². The number of hydrogen-bond donors (Lipinski definition) is 1. The predicted molar refractivity (Wildman–Crippen MR) is 134 cm³/mol. The van der Waals surface area contributed by atoms with Crippen LogP contribution >= 0.6 is 0 Å². The lowest BCUT2D eigenvalue weighted by atomic mass is 10.0. The van der Waals surface area contributed by atoms with Crippen LogP contribution in [0.5, 0.6) is 0 Å². The summed E-state index contributed by atoms with van der Waals surface area (Å²) in [6.07, 6.45) is 1.95. The maximum atomic E-state index is 11.8. The minimum atomic E-state index is -0.601. The van der Waals surface area contributed by atoms with Gasteiger partial charge in [-0.25, -0.2) is 4.98 Å². The van der Waals surface area contributed by atoms with Crippen LogP contribution in [0.4, 0.5) is 17.1 Å². The van der Waals surface area contributed by atoms with Crippen molar-refractivity contribution in [3.63, 3.8) is 0 Å². The Morgan fingerprint density at radius 1 is 0.853 bits per heavy atom. The fourth-order valence-corrected chi connectivity index (χ4v) is 5.07. The highest BCUT2D eigenvalue weighted by Gasteiger charge is 2.35. The lowest BCUT2D eigenvalue weighted by molar-refractivity contribution is -0.115. The zero-order valence-corrected chi connectivity index (χ0v) is 18.9. The van der Waals surface area contributed by atoms with Crippen LogP contribution in [0.15, 0.2) is 79.1 Å². The number of H-pyrrole nitrogens is 1. The van der Waals surface area contributed by atoms with Crippen molar-refractivity contribution in [2.75, 3.05) is 47.5 Å². The van der Waals surface area contributed by atoms with Crippen molar-refractivity contribution in [2.45, 2.75) is 12.3 Å². The number of aldehydes is 1. The number of rotatable bonds is 5. The van der Waals surface area contributed by atoms with Crippen molar-refractivity contribution in [1.82, 2.24) is 9.97 Å². The molecule has 7 nitrogen and oxygen atoms in total. The van der Waals surface area contributed by atoms with Crippen molar-refractivity contribution in [2.24, 2.45) is 0 Å². The van der Waals surface area contributed by atoms with Gasteiger partial charge in [0.1, 0.15) is 0 Å². The number of para-hydroxylation sites is 1. The van der Waals surface area contributed by atoms with E-state index in [-0.39, 0.29) is 6.04 Å². The number of aromatic nitrogens is 2. The molecule has 1 unspecified atom stereocenters. The van der Waals surface area contributed by atoms with Gasteiger partial charge in [0.15, 0.2) is 12.5 Å². The summed E-state index contributed by atoms with van der Waals surface area (Å²) in [4.78, 5) is 26.2. The molecule has 0 saturated carbocycles. The number of nitrogens with zero attached hydrogens (tertiary/aromatic N) is 4. The zero-order valence-electron chi connectivity index (χ0n) is 18.9. The first-order valence-corrected chi connectivity index (χ1v) is 11.7. The summed E-state index contributed by atoms with van der Waals surface area (Å²) in [5.41, 5.74) is 6.44. The van der Waals surface area contributed by atoms with E-state index in [0.29, 0.717) is 6.61 Å². The van der Waals surface area contributed by atoms with Crippen LogP contribution in [0.3, 0.4) is 0 Å². The van der Waals surface area contributed by atoms with Gasteiger partial charge in [-0.1, -0.05) is 30.3 Å². The highest BCUT2D eigenvalue weighted by atomic mass is 16.5. The summed E-state index contributed by atoms with van der Waals surface area (Å²) in [5, 5.41) is 0. The molecule has 0 amide bonds. The van der Waals surface area contributed by atoms with Gasteiger partial charge in [0.25, 0.3) is 0 Å². The van der Waals surface area contributed by atoms with Gasteiger partial charge < -0.3 is 24.4 Å². The monoisotopic (exact) mass is 453 g/mol. The number of nitrogens with one attached hydrogen (secondary N) is 1. The van der Waals surface area contributed by atoms with Gasteiger partial charge in [-0.2, -0.15) is 0 Å². The van der Waals surface area contributed by atoms with Crippen LogP contribution < -0.4 is 14.7 Å². The zero-order chi connectivity index (χ0) is 22.9. The molecule has 2 fully saturated rings. The van der Waals surface area contributed by atoms with E-state index in [1.807, 2.05) is 18.2 Å². The van der Waals surface area contributed by atoms with Gasteiger partial charge in [-0.15, -0.1) is 0 Å². The number of benzene rings is 3. The summed E-state index contributed by atoms with van der Waals surface area (Å²) in [5.74, 6) is 0. The van der Waals surface area contributed by atoms with Crippen LogP contribution in [0, 0.1) is 0 Å². The summed E-state index contributed by atoms with van der Waals surface area (Å²) >= 11 is 0. The molecule has 2 aliphatic heterocycles. The number of ether oxygens (including phenoxy) is 1. The molecule has 6 rings (SSSR count). The number of aromatic amines is 1. The van der Waals surface area contributed by atoms with E-state index >= 15 is 0 Å². The molecule has 34 heavy (non-hydrogen) atoms. The third kappa shape index (κ3) is 3.78. The molecule has 3 aromatic carbocycles. The van der Waals surface area contributed by atoms with Crippen molar-refractivity contribution in [3.8, 4) is 0 Å². The van der Waals surface area contributed by atoms with Crippen LogP contribution in [-0.2, 0) is 9.53 Å². The predicted octanol–water partition coefficient (Wildman–Crippen LogP) is 3.99. The molecular weight excluding hydrogens is 426 g/mol. The van der Waals surface area contributed by atoms with Crippen LogP contribution in [0.2, 0.25) is 0 Å². The Morgan fingerprint density at radius 3 is 2.24 bits per heavy atom. The second-order valence-corrected chi connectivity index (χ2v) is 8.79. The van der Waals surface area contributed by atoms with Crippen LogP contribution in [0.25, 0.3) is 11.0 Å². The standard InChI is InChI=1S/C27H27N5O2/c33-17-27-32(23-10-11-24-25(16-23)29-19-28-24)26(18-34-27)20-6-8-22(9-7-20)31-14-12-30(13-15-31)21-4-2-1-3-5-21/h1-11,16-17,19,26-27H,12-15,18H2,(H,28,29)/t26-,27?/m1/s1. The Bertz CT molecular complexity index is 1270. The molecule has 0 aliphatic carbocycles. The Labute approximate surface area is 198 Å². The number of piperazine rings is 1. The van der Waals surface area contributed by atoms with Crippen molar-refractivity contribution in [1.29, 1.82) is 0 Å². The molecule has 7 heteroatoms. The Kier molecular flexibility index (Phi) is 5.39. The van der Waals surface area contributed by atoms with Gasteiger partial charge in [-0.05, 0) is 48.0 Å². The maximum absolute atomic E-state index is 11.8. The third-order valence-corrected chi connectivity index (χ3v) is 6.90. The molecule has 4 aromatic rings. The molecule has 1 N–H and O–H groups in total. The first-order valence-electron chi connectivity index (χ1n) is 11.7.